The largest absolute Gasteiger partial charge is 0.347 e. The molecule has 2 heterocycles. The number of nitrogens with zero attached hydrogens (tertiary/aromatic N) is 1. The maximum atomic E-state index is 12.3. The highest BCUT2D eigenvalue weighted by molar-refractivity contribution is 7.89. The van der Waals surface area contributed by atoms with Crippen LogP contribution in [0.15, 0.2) is 0 Å². The van der Waals surface area contributed by atoms with Crippen LogP contribution in [-0.2, 0) is 19.5 Å². The zero-order chi connectivity index (χ0) is 15.0. The minimum Gasteiger partial charge on any atom is -0.347 e. The van der Waals surface area contributed by atoms with E-state index in [0.717, 1.165) is 0 Å². The smallest absolute Gasteiger partial charge is 0.214 e. The normalized spacial score (nSPS) is 28.1. The van der Waals surface area contributed by atoms with Crippen molar-refractivity contribution in [3.05, 3.63) is 0 Å². The van der Waals surface area contributed by atoms with E-state index in [0.29, 0.717) is 39.0 Å². The van der Waals surface area contributed by atoms with Gasteiger partial charge in [-0.2, -0.15) is 0 Å². The number of piperidine rings is 1. The second-order valence-corrected chi connectivity index (χ2v) is 9.26. The zero-order valence-electron chi connectivity index (χ0n) is 13.0. The second kappa shape index (κ2) is 5.55. The maximum absolute atomic E-state index is 12.3. The lowest BCUT2D eigenvalue weighted by molar-refractivity contribution is -0.187. The molecule has 0 amide bonds. The van der Waals surface area contributed by atoms with E-state index < -0.39 is 15.8 Å². The van der Waals surface area contributed by atoms with Crippen LogP contribution in [0.25, 0.3) is 0 Å². The molecule has 0 aliphatic carbocycles. The lowest BCUT2D eigenvalue weighted by atomic mass is 9.94. The van der Waals surface area contributed by atoms with Crippen molar-refractivity contribution in [1.29, 1.82) is 0 Å². The molecule has 1 spiro atoms. The number of hydrogen-bond donors (Lipinski definition) is 0. The molecule has 2 rings (SSSR count). The number of hydrogen-bond acceptors (Lipinski definition) is 4. The number of rotatable bonds is 3. The SMILES string of the molecule is CC1COC2(CCN(S(=O)(=O)CCC(C)(C)C)CC2)O1. The molecule has 0 saturated carbocycles. The van der Waals surface area contributed by atoms with Gasteiger partial charge in [0.1, 0.15) is 0 Å². The van der Waals surface area contributed by atoms with Crippen LogP contribution < -0.4 is 0 Å². The van der Waals surface area contributed by atoms with Gasteiger partial charge in [-0.15, -0.1) is 0 Å². The Balaban J connectivity index is 1.90. The van der Waals surface area contributed by atoms with E-state index in [9.17, 15) is 8.42 Å². The topological polar surface area (TPSA) is 55.8 Å². The van der Waals surface area contributed by atoms with E-state index in [1.807, 2.05) is 6.92 Å². The predicted molar refractivity (Wildman–Crippen MR) is 77.9 cm³/mol. The van der Waals surface area contributed by atoms with Gasteiger partial charge >= 0.3 is 0 Å². The maximum Gasteiger partial charge on any atom is 0.214 e. The van der Waals surface area contributed by atoms with Crippen molar-refractivity contribution in [3.63, 3.8) is 0 Å². The molecule has 0 N–H and O–H groups in total. The lowest BCUT2D eigenvalue weighted by Gasteiger charge is -2.37. The Hall–Kier alpha value is -0.170. The van der Waals surface area contributed by atoms with E-state index in [4.69, 9.17) is 9.47 Å². The summed E-state index contributed by atoms with van der Waals surface area (Å²) in [5, 5.41) is 0. The Morgan fingerprint density at radius 3 is 2.30 bits per heavy atom. The van der Waals surface area contributed by atoms with Crippen LogP contribution in [0.1, 0.15) is 47.0 Å². The molecule has 1 unspecified atom stereocenters. The molecule has 2 fully saturated rings. The summed E-state index contributed by atoms with van der Waals surface area (Å²) in [6, 6.07) is 0. The van der Waals surface area contributed by atoms with Crippen LogP contribution in [0.5, 0.6) is 0 Å². The van der Waals surface area contributed by atoms with Crippen LogP contribution in [0, 0.1) is 5.41 Å². The molecule has 2 aliphatic heterocycles. The van der Waals surface area contributed by atoms with Gasteiger partial charge in [0.05, 0.1) is 18.5 Å². The second-order valence-electron chi connectivity index (χ2n) is 7.18. The third kappa shape index (κ3) is 3.93. The first kappa shape index (κ1) is 16.2. The van der Waals surface area contributed by atoms with Crippen molar-refractivity contribution in [2.75, 3.05) is 25.4 Å². The molecule has 5 nitrogen and oxygen atoms in total. The monoisotopic (exact) mass is 305 g/mol. The van der Waals surface area contributed by atoms with Crippen molar-refractivity contribution in [2.24, 2.45) is 5.41 Å². The van der Waals surface area contributed by atoms with Crippen LogP contribution >= 0.6 is 0 Å². The molecule has 1 atom stereocenters. The summed E-state index contributed by atoms with van der Waals surface area (Å²) in [5.74, 6) is -0.308. The fourth-order valence-electron chi connectivity index (χ4n) is 2.64. The van der Waals surface area contributed by atoms with Gasteiger partial charge in [0, 0.05) is 25.9 Å². The van der Waals surface area contributed by atoms with Gasteiger partial charge in [0.2, 0.25) is 10.0 Å². The third-order valence-corrected chi connectivity index (χ3v) is 5.86. The Labute approximate surface area is 122 Å². The quantitative estimate of drug-likeness (QED) is 0.800. The summed E-state index contributed by atoms with van der Waals surface area (Å²) < 4.78 is 37.8. The van der Waals surface area contributed by atoms with Crippen molar-refractivity contribution in [3.8, 4) is 0 Å². The standard InChI is InChI=1S/C14H27NO4S/c1-12-11-18-14(19-12)5-8-15(9-6-14)20(16,17)10-7-13(2,3)4/h12H,5-11H2,1-4H3. The van der Waals surface area contributed by atoms with E-state index in [1.165, 1.54) is 0 Å². The molecule has 0 radical (unpaired) electrons. The van der Waals surface area contributed by atoms with Crippen molar-refractivity contribution >= 4 is 10.0 Å². The van der Waals surface area contributed by atoms with Gasteiger partial charge in [0.25, 0.3) is 0 Å². The molecule has 118 valence electrons. The van der Waals surface area contributed by atoms with Crippen molar-refractivity contribution in [2.45, 2.75) is 58.8 Å². The Morgan fingerprint density at radius 2 is 1.85 bits per heavy atom. The van der Waals surface area contributed by atoms with E-state index in [-0.39, 0.29) is 17.3 Å². The van der Waals surface area contributed by atoms with Gasteiger partial charge in [-0.1, -0.05) is 20.8 Å². The van der Waals surface area contributed by atoms with E-state index >= 15 is 0 Å². The van der Waals surface area contributed by atoms with Gasteiger partial charge in [-0.3, -0.25) is 0 Å². The van der Waals surface area contributed by atoms with Gasteiger partial charge in [0.15, 0.2) is 5.79 Å². The van der Waals surface area contributed by atoms with Gasteiger partial charge in [-0.25, -0.2) is 12.7 Å². The number of ether oxygens (including phenoxy) is 2. The lowest BCUT2D eigenvalue weighted by Crippen LogP contribution is -2.48. The predicted octanol–water partition coefficient (Wildman–Crippen LogP) is 1.98. The summed E-state index contributed by atoms with van der Waals surface area (Å²) in [5.41, 5.74) is 0.0389. The Morgan fingerprint density at radius 1 is 1.25 bits per heavy atom. The highest BCUT2D eigenvalue weighted by Crippen LogP contribution is 2.35. The molecular formula is C14H27NO4S. The summed E-state index contributed by atoms with van der Waals surface area (Å²) in [6.07, 6.45) is 2.05. The first-order valence-electron chi connectivity index (χ1n) is 7.42. The fraction of sp³-hybridized carbons (Fsp3) is 1.00. The summed E-state index contributed by atoms with van der Waals surface area (Å²) >= 11 is 0. The third-order valence-electron chi connectivity index (χ3n) is 3.98. The van der Waals surface area contributed by atoms with Crippen LogP contribution in [0.2, 0.25) is 0 Å². The van der Waals surface area contributed by atoms with E-state index in [2.05, 4.69) is 20.8 Å². The first-order valence-corrected chi connectivity index (χ1v) is 9.03. The highest BCUT2D eigenvalue weighted by atomic mass is 32.2. The van der Waals surface area contributed by atoms with Crippen LogP contribution in [-0.4, -0.2) is 50.1 Å². The first-order chi connectivity index (χ1) is 9.12. The molecule has 2 aliphatic rings. The molecule has 0 aromatic heterocycles. The molecule has 0 aromatic carbocycles. The molecule has 20 heavy (non-hydrogen) atoms. The minimum absolute atomic E-state index is 0.0389. The molecule has 0 bridgehead atoms. The molecule has 2 saturated heterocycles. The van der Waals surface area contributed by atoms with Crippen LogP contribution in [0.4, 0.5) is 0 Å². The summed E-state index contributed by atoms with van der Waals surface area (Å²) in [7, 11) is -3.15. The average Bonchev–Trinajstić information content (AvgIpc) is 2.68. The molecular weight excluding hydrogens is 278 g/mol. The van der Waals surface area contributed by atoms with Crippen molar-refractivity contribution in [1.82, 2.24) is 4.31 Å². The van der Waals surface area contributed by atoms with Crippen molar-refractivity contribution < 1.29 is 17.9 Å². The Kier molecular flexibility index (Phi) is 4.50. The minimum atomic E-state index is -3.15. The summed E-state index contributed by atoms with van der Waals surface area (Å²) in [6.45, 7) is 9.79. The van der Waals surface area contributed by atoms with Crippen LogP contribution in [0.3, 0.4) is 0 Å². The van der Waals surface area contributed by atoms with E-state index in [1.54, 1.807) is 4.31 Å². The highest BCUT2D eigenvalue weighted by Gasteiger charge is 2.44. The summed E-state index contributed by atoms with van der Waals surface area (Å²) in [4.78, 5) is 0. The Bertz CT molecular complexity index is 433. The zero-order valence-corrected chi connectivity index (χ0v) is 13.8. The fourth-order valence-corrected chi connectivity index (χ4v) is 4.50. The van der Waals surface area contributed by atoms with Gasteiger partial charge in [-0.05, 0) is 18.8 Å². The average molecular weight is 305 g/mol. The molecule has 0 aromatic rings. The van der Waals surface area contributed by atoms with Gasteiger partial charge < -0.3 is 9.47 Å². The molecule has 6 heteroatoms. The number of sulfonamides is 1.